The van der Waals surface area contributed by atoms with Crippen LogP contribution in [0.1, 0.15) is 24.5 Å². The zero-order valence-electron chi connectivity index (χ0n) is 8.38. The molecular formula is C12H11FO2. The van der Waals surface area contributed by atoms with Crippen molar-refractivity contribution in [3.63, 3.8) is 0 Å². The Bertz CT molecular complexity index is 461. The van der Waals surface area contributed by atoms with Gasteiger partial charge in [0.1, 0.15) is 5.82 Å². The van der Waals surface area contributed by atoms with Gasteiger partial charge in [-0.05, 0) is 37.0 Å². The highest BCUT2D eigenvalue weighted by molar-refractivity contribution is 5.97. The van der Waals surface area contributed by atoms with Crippen LogP contribution in [-0.4, -0.2) is 11.1 Å². The van der Waals surface area contributed by atoms with Crippen LogP contribution in [-0.2, 0) is 11.2 Å². The second kappa shape index (κ2) is 3.50. The summed E-state index contributed by atoms with van der Waals surface area (Å²) in [5.41, 5.74) is 2.26. The van der Waals surface area contributed by atoms with E-state index >= 15 is 0 Å². The third-order valence-corrected chi connectivity index (χ3v) is 2.83. The number of hydrogen-bond donors (Lipinski definition) is 1. The molecule has 0 heterocycles. The normalized spacial score (nSPS) is 15.1. The number of aryl methyl sites for hydroxylation is 1. The van der Waals surface area contributed by atoms with Gasteiger partial charge in [-0.25, -0.2) is 9.18 Å². The SMILES string of the molecule is CC1=C(C(=O)O)CCc2cccc(F)c21. The average molecular weight is 206 g/mol. The van der Waals surface area contributed by atoms with E-state index in [1.54, 1.807) is 13.0 Å². The van der Waals surface area contributed by atoms with Crippen molar-refractivity contribution in [1.82, 2.24) is 0 Å². The zero-order chi connectivity index (χ0) is 11.0. The fourth-order valence-electron chi connectivity index (χ4n) is 2.06. The fraction of sp³-hybridized carbons (Fsp3) is 0.250. The number of aliphatic carboxylic acids is 1. The van der Waals surface area contributed by atoms with Gasteiger partial charge in [0.2, 0.25) is 0 Å². The lowest BCUT2D eigenvalue weighted by atomic mass is 9.86. The van der Waals surface area contributed by atoms with Crippen molar-refractivity contribution in [2.45, 2.75) is 19.8 Å². The van der Waals surface area contributed by atoms with Crippen LogP contribution in [0.15, 0.2) is 23.8 Å². The Balaban J connectivity index is 2.65. The molecule has 0 bridgehead atoms. The molecule has 0 unspecified atom stereocenters. The Hall–Kier alpha value is -1.64. The van der Waals surface area contributed by atoms with Crippen molar-refractivity contribution in [1.29, 1.82) is 0 Å². The van der Waals surface area contributed by atoms with Crippen LogP contribution in [0.2, 0.25) is 0 Å². The summed E-state index contributed by atoms with van der Waals surface area (Å²) in [6, 6.07) is 4.88. The summed E-state index contributed by atoms with van der Waals surface area (Å²) in [5.74, 6) is -1.27. The topological polar surface area (TPSA) is 37.3 Å². The molecule has 0 saturated heterocycles. The molecule has 3 heteroatoms. The van der Waals surface area contributed by atoms with Crippen molar-refractivity contribution < 1.29 is 14.3 Å². The summed E-state index contributed by atoms with van der Waals surface area (Å²) >= 11 is 0. The molecule has 0 radical (unpaired) electrons. The van der Waals surface area contributed by atoms with E-state index in [1.165, 1.54) is 6.07 Å². The molecule has 0 amide bonds. The Labute approximate surface area is 87.0 Å². The minimum atomic E-state index is -0.943. The molecule has 1 aromatic rings. The third-order valence-electron chi connectivity index (χ3n) is 2.83. The highest BCUT2D eigenvalue weighted by Gasteiger charge is 2.22. The van der Waals surface area contributed by atoms with Gasteiger partial charge in [-0.2, -0.15) is 0 Å². The maximum atomic E-state index is 13.5. The first kappa shape index (κ1) is 9.90. The molecule has 0 spiro atoms. The van der Waals surface area contributed by atoms with Crippen LogP contribution >= 0.6 is 0 Å². The molecule has 0 fully saturated rings. The maximum absolute atomic E-state index is 13.5. The number of allylic oxidation sites excluding steroid dienone is 1. The van der Waals surface area contributed by atoms with Crippen molar-refractivity contribution in [2.75, 3.05) is 0 Å². The van der Waals surface area contributed by atoms with Gasteiger partial charge in [-0.1, -0.05) is 12.1 Å². The predicted octanol–water partition coefficient (Wildman–Crippen LogP) is 2.63. The quantitative estimate of drug-likeness (QED) is 0.766. The molecule has 0 aromatic heterocycles. The second-order valence-corrected chi connectivity index (χ2v) is 3.68. The Morgan fingerprint density at radius 2 is 2.13 bits per heavy atom. The Kier molecular flexibility index (Phi) is 2.31. The lowest BCUT2D eigenvalue weighted by molar-refractivity contribution is -0.132. The molecule has 78 valence electrons. The van der Waals surface area contributed by atoms with Crippen LogP contribution in [0.25, 0.3) is 5.57 Å². The number of carbonyl (C=O) groups is 1. The van der Waals surface area contributed by atoms with Crippen LogP contribution < -0.4 is 0 Å². The summed E-state index contributed by atoms with van der Waals surface area (Å²) in [6.07, 6.45) is 1.09. The number of hydrogen-bond acceptors (Lipinski definition) is 1. The summed E-state index contributed by atoms with van der Waals surface area (Å²) in [7, 11) is 0. The van der Waals surface area contributed by atoms with E-state index in [9.17, 15) is 9.18 Å². The van der Waals surface area contributed by atoms with Gasteiger partial charge >= 0.3 is 5.97 Å². The molecule has 1 aromatic carbocycles. The van der Waals surface area contributed by atoms with Crippen molar-refractivity contribution in [2.24, 2.45) is 0 Å². The lowest BCUT2D eigenvalue weighted by Crippen LogP contribution is -2.11. The van der Waals surface area contributed by atoms with Crippen molar-refractivity contribution in [3.8, 4) is 0 Å². The molecule has 15 heavy (non-hydrogen) atoms. The minimum Gasteiger partial charge on any atom is -0.478 e. The van der Waals surface area contributed by atoms with Crippen molar-refractivity contribution in [3.05, 3.63) is 40.7 Å². The third kappa shape index (κ3) is 1.54. The van der Waals surface area contributed by atoms with E-state index in [1.807, 2.05) is 6.07 Å². The number of carboxylic acids is 1. The number of fused-ring (bicyclic) bond motifs is 1. The van der Waals surface area contributed by atoms with Gasteiger partial charge in [0.05, 0.1) is 0 Å². The molecule has 2 rings (SSSR count). The standard InChI is InChI=1S/C12H11FO2/c1-7-9(12(14)15)6-5-8-3-2-4-10(13)11(7)8/h2-4H,5-6H2,1H3,(H,14,15). The van der Waals surface area contributed by atoms with Crippen LogP contribution in [0.5, 0.6) is 0 Å². The van der Waals surface area contributed by atoms with Gasteiger partial charge in [0.15, 0.2) is 0 Å². The monoisotopic (exact) mass is 206 g/mol. The van der Waals surface area contributed by atoms with Crippen LogP contribution in [0, 0.1) is 5.82 Å². The van der Waals surface area contributed by atoms with E-state index < -0.39 is 5.97 Å². The van der Waals surface area contributed by atoms with Gasteiger partial charge in [-0.15, -0.1) is 0 Å². The fourth-order valence-corrected chi connectivity index (χ4v) is 2.06. The first-order valence-electron chi connectivity index (χ1n) is 4.82. The Morgan fingerprint density at radius 1 is 1.40 bits per heavy atom. The summed E-state index contributed by atoms with van der Waals surface area (Å²) in [6.45, 7) is 1.67. The molecule has 1 aliphatic rings. The molecular weight excluding hydrogens is 195 g/mol. The average Bonchev–Trinajstić information content (AvgIpc) is 2.17. The van der Waals surface area contributed by atoms with E-state index in [0.717, 1.165) is 5.56 Å². The zero-order valence-corrected chi connectivity index (χ0v) is 8.38. The summed E-state index contributed by atoms with van der Waals surface area (Å²) in [4.78, 5) is 10.9. The molecule has 0 atom stereocenters. The second-order valence-electron chi connectivity index (χ2n) is 3.68. The molecule has 1 aliphatic carbocycles. The Morgan fingerprint density at radius 3 is 2.80 bits per heavy atom. The van der Waals surface area contributed by atoms with Crippen LogP contribution in [0.4, 0.5) is 4.39 Å². The van der Waals surface area contributed by atoms with E-state index in [-0.39, 0.29) is 5.82 Å². The predicted molar refractivity (Wildman–Crippen MR) is 55.0 cm³/mol. The van der Waals surface area contributed by atoms with E-state index in [2.05, 4.69) is 0 Å². The molecule has 2 nitrogen and oxygen atoms in total. The largest absolute Gasteiger partial charge is 0.478 e. The lowest BCUT2D eigenvalue weighted by Gasteiger charge is -2.19. The van der Waals surface area contributed by atoms with Gasteiger partial charge in [-0.3, -0.25) is 0 Å². The minimum absolute atomic E-state index is 0.326. The number of carboxylic acid groups (broad SMARTS) is 1. The van der Waals surface area contributed by atoms with Crippen molar-refractivity contribution >= 4 is 11.5 Å². The highest BCUT2D eigenvalue weighted by atomic mass is 19.1. The maximum Gasteiger partial charge on any atom is 0.331 e. The van der Waals surface area contributed by atoms with Gasteiger partial charge in [0, 0.05) is 11.1 Å². The summed E-state index contributed by atoms with van der Waals surface area (Å²) < 4.78 is 13.5. The summed E-state index contributed by atoms with van der Waals surface area (Å²) in [5, 5.41) is 8.94. The first-order chi connectivity index (χ1) is 7.11. The highest BCUT2D eigenvalue weighted by Crippen LogP contribution is 2.32. The number of halogens is 1. The van der Waals surface area contributed by atoms with Gasteiger partial charge in [0.25, 0.3) is 0 Å². The van der Waals surface area contributed by atoms with Gasteiger partial charge < -0.3 is 5.11 Å². The molecule has 0 saturated carbocycles. The number of benzene rings is 1. The first-order valence-corrected chi connectivity index (χ1v) is 4.82. The number of rotatable bonds is 1. The van der Waals surface area contributed by atoms with Crippen LogP contribution in [0.3, 0.4) is 0 Å². The smallest absolute Gasteiger partial charge is 0.331 e. The van der Waals surface area contributed by atoms with E-state index in [4.69, 9.17) is 5.11 Å². The molecule has 0 aliphatic heterocycles. The van der Waals surface area contributed by atoms with E-state index in [0.29, 0.717) is 29.6 Å². The molecule has 1 N–H and O–H groups in total.